The van der Waals surface area contributed by atoms with Crippen molar-refractivity contribution >= 4 is 29.2 Å². The van der Waals surface area contributed by atoms with Gasteiger partial charge in [-0.25, -0.2) is 9.34 Å². The molecule has 8 rings (SSSR count). The van der Waals surface area contributed by atoms with Crippen LogP contribution in [0.1, 0.15) is 22.3 Å². The van der Waals surface area contributed by atoms with Crippen molar-refractivity contribution in [1.29, 1.82) is 0 Å². The molecule has 2 aliphatic heterocycles. The molecule has 0 radical (unpaired) electrons. The summed E-state index contributed by atoms with van der Waals surface area (Å²) in [5, 5.41) is 16.8. The fourth-order valence-corrected chi connectivity index (χ4v) is 10.3. The van der Waals surface area contributed by atoms with Gasteiger partial charge in [0.1, 0.15) is 6.10 Å². The molecule has 46 heavy (non-hydrogen) atoms. The molecule has 6 aromatic rings. The van der Waals surface area contributed by atoms with Gasteiger partial charge in [-0.2, -0.15) is 0 Å². The van der Waals surface area contributed by atoms with Crippen LogP contribution in [0.3, 0.4) is 0 Å². The van der Waals surface area contributed by atoms with Gasteiger partial charge in [0, 0.05) is 13.1 Å². The summed E-state index contributed by atoms with van der Waals surface area (Å²) in [4.78, 5) is 0. The van der Waals surface area contributed by atoms with Crippen molar-refractivity contribution in [2.75, 3.05) is 0 Å². The van der Waals surface area contributed by atoms with Crippen LogP contribution in [0, 0.1) is 0 Å². The molecule has 1 N–H and O–H groups in total. The Morgan fingerprint density at radius 2 is 0.957 bits per heavy atom. The molecule has 0 saturated carbocycles. The van der Waals surface area contributed by atoms with E-state index in [9.17, 15) is 5.11 Å². The lowest BCUT2D eigenvalue weighted by atomic mass is 9.90. The van der Waals surface area contributed by atoms with E-state index in [-0.39, 0.29) is 6.04 Å². The molecule has 0 spiro atoms. The molecule has 2 aliphatic rings. The molecule has 2 bridgehead atoms. The standard InChI is InChI=1S/C40H37N2O3P/c43-39-37(25-29-11-3-1-4-12-29)41(27-31-19-21-33-15-7-9-17-35(33)23-31)46(44)42(28-32-20-22-34-16-8-10-18-36(34)24-32)38(40(39)45-46)26-30-13-5-2-6-14-30/h1-24,37-40,43H,25-28H2. The largest absolute Gasteiger partial charge is 0.389 e. The highest BCUT2D eigenvalue weighted by Crippen LogP contribution is 2.67. The monoisotopic (exact) mass is 624 g/mol. The minimum Gasteiger partial charge on any atom is -0.389 e. The van der Waals surface area contributed by atoms with E-state index < -0.39 is 25.9 Å². The number of aliphatic hydroxyl groups excluding tert-OH is 1. The number of aliphatic hydroxyl groups is 1. The third-order valence-corrected chi connectivity index (χ3v) is 12.4. The number of fused-ring (bicyclic) bond motifs is 4. The maximum atomic E-state index is 15.7. The van der Waals surface area contributed by atoms with E-state index in [1.165, 1.54) is 5.39 Å². The van der Waals surface area contributed by atoms with Crippen LogP contribution in [0.25, 0.3) is 21.5 Å². The first-order valence-electron chi connectivity index (χ1n) is 16.1. The van der Waals surface area contributed by atoms with E-state index in [2.05, 4.69) is 89.6 Å². The van der Waals surface area contributed by atoms with Crippen LogP contribution in [0.5, 0.6) is 0 Å². The molecule has 0 amide bonds. The summed E-state index contributed by atoms with van der Waals surface area (Å²) in [6, 6.07) is 49.3. The molecule has 6 heteroatoms. The Hall–Kier alpha value is -4.09. The molecular weight excluding hydrogens is 587 g/mol. The molecule has 6 aromatic carbocycles. The number of nitrogens with zero attached hydrogens (tertiary/aromatic N) is 2. The summed E-state index contributed by atoms with van der Waals surface area (Å²) in [6.07, 6.45) is -0.227. The third kappa shape index (κ3) is 5.49. The highest BCUT2D eigenvalue weighted by molar-refractivity contribution is 7.54. The van der Waals surface area contributed by atoms with Gasteiger partial charge in [-0.15, -0.1) is 0 Å². The molecule has 5 unspecified atom stereocenters. The molecule has 0 aromatic heterocycles. The second kappa shape index (κ2) is 12.3. The Morgan fingerprint density at radius 3 is 1.48 bits per heavy atom. The molecule has 5 nitrogen and oxygen atoms in total. The van der Waals surface area contributed by atoms with Crippen LogP contribution < -0.4 is 0 Å². The molecular formula is C40H37N2O3P. The smallest absolute Gasteiger partial charge is 0.347 e. The Morgan fingerprint density at radius 1 is 0.522 bits per heavy atom. The molecule has 230 valence electrons. The molecule has 2 heterocycles. The van der Waals surface area contributed by atoms with Crippen LogP contribution in [0.15, 0.2) is 146 Å². The normalized spacial score (nSPS) is 24.9. The van der Waals surface area contributed by atoms with Gasteiger partial charge in [-0.1, -0.05) is 133 Å². The van der Waals surface area contributed by atoms with E-state index >= 15 is 4.57 Å². The minimum absolute atomic E-state index is 0.269. The molecule has 2 fully saturated rings. The van der Waals surface area contributed by atoms with Crippen molar-refractivity contribution in [1.82, 2.24) is 9.34 Å². The zero-order chi connectivity index (χ0) is 31.1. The van der Waals surface area contributed by atoms with Gasteiger partial charge in [-0.3, -0.25) is 9.09 Å². The van der Waals surface area contributed by atoms with Crippen molar-refractivity contribution in [3.8, 4) is 0 Å². The summed E-state index contributed by atoms with van der Waals surface area (Å²) in [5.41, 5.74) is 4.35. The van der Waals surface area contributed by atoms with Crippen molar-refractivity contribution in [2.24, 2.45) is 0 Å². The van der Waals surface area contributed by atoms with Gasteiger partial charge < -0.3 is 5.11 Å². The van der Waals surface area contributed by atoms with Crippen LogP contribution in [0.4, 0.5) is 0 Å². The van der Waals surface area contributed by atoms with Gasteiger partial charge in [0.2, 0.25) is 0 Å². The molecule has 2 saturated heterocycles. The van der Waals surface area contributed by atoms with E-state index in [0.29, 0.717) is 25.9 Å². The summed E-state index contributed by atoms with van der Waals surface area (Å²) in [5.74, 6) is 0. The van der Waals surface area contributed by atoms with Crippen molar-refractivity contribution in [3.05, 3.63) is 168 Å². The summed E-state index contributed by atoms with van der Waals surface area (Å²) in [7, 11) is -3.61. The van der Waals surface area contributed by atoms with E-state index in [0.717, 1.165) is 38.4 Å². The van der Waals surface area contributed by atoms with Gasteiger partial charge in [0.05, 0.1) is 18.2 Å². The number of hydrogen-bond donors (Lipinski definition) is 1. The summed E-state index contributed by atoms with van der Waals surface area (Å²) in [6.45, 7) is 0.852. The van der Waals surface area contributed by atoms with Crippen LogP contribution in [-0.4, -0.2) is 38.7 Å². The van der Waals surface area contributed by atoms with E-state index in [1.807, 2.05) is 65.3 Å². The van der Waals surface area contributed by atoms with Crippen molar-refractivity contribution < 1.29 is 14.2 Å². The van der Waals surface area contributed by atoms with Gasteiger partial charge in [-0.05, 0) is 68.8 Å². The Balaban J connectivity index is 1.23. The van der Waals surface area contributed by atoms with E-state index in [4.69, 9.17) is 4.52 Å². The minimum atomic E-state index is -3.61. The maximum absolute atomic E-state index is 15.7. The molecule has 0 aliphatic carbocycles. The SMILES string of the molecule is O=P12OC(C(O)C(Cc3ccccc3)N1Cc1ccc3ccccc3c1)C(Cc1ccccc1)N2Cc1ccc2ccccc2c1. The fraction of sp³-hybridized carbons (Fsp3) is 0.200. The number of hydrogen-bond acceptors (Lipinski definition) is 3. The van der Waals surface area contributed by atoms with E-state index in [1.54, 1.807) is 0 Å². The Labute approximate surface area is 270 Å². The zero-order valence-electron chi connectivity index (χ0n) is 25.6. The van der Waals surface area contributed by atoms with Gasteiger partial charge in [0.15, 0.2) is 0 Å². The van der Waals surface area contributed by atoms with Gasteiger partial charge >= 0.3 is 7.67 Å². The Bertz CT molecular complexity index is 2000. The molecule has 5 atom stereocenters. The number of benzene rings is 6. The highest BCUT2D eigenvalue weighted by atomic mass is 31.2. The number of rotatable bonds is 8. The average Bonchev–Trinajstić information content (AvgIpc) is 3.34. The van der Waals surface area contributed by atoms with Crippen LogP contribution >= 0.6 is 7.67 Å². The average molecular weight is 625 g/mol. The van der Waals surface area contributed by atoms with Crippen LogP contribution in [-0.2, 0) is 35.0 Å². The first-order valence-corrected chi connectivity index (χ1v) is 17.6. The lowest BCUT2D eigenvalue weighted by Gasteiger charge is -2.43. The predicted molar refractivity (Wildman–Crippen MR) is 185 cm³/mol. The van der Waals surface area contributed by atoms with Crippen molar-refractivity contribution in [2.45, 2.75) is 50.2 Å². The van der Waals surface area contributed by atoms with Gasteiger partial charge in [0.25, 0.3) is 0 Å². The van der Waals surface area contributed by atoms with Crippen LogP contribution in [0.2, 0.25) is 0 Å². The van der Waals surface area contributed by atoms with Crippen molar-refractivity contribution in [3.63, 3.8) is 0 Å². The second-order valence-electron chi connectivity index (χ2n) is 12.6. The predicted octanol–water partition coefficient (Wildman–Crippen LogP) is 8.40. The zero-order valence-corrected chi connectivity index (χ0v) is 26.5. The Kier molecular flexibility index (Phi) is 7.81. The second-order valence-corrected chi connectivity index (χ2v) is 14.8. The lowest BCUT2D eigenvalue weighted by Crippen LogP contribution is -2.53. The first-order chi connectivity index (χ1) is 22.5. The first kappa shape index (κ1) is 29.3. The summed E-state index contributed by atoms with van der Waals surface area (Å²) >= 11 is 0. The quantitative estimate of drug-likeness (QED) is 0.172. The highest BCUT2D eigenvalue weighted by Gasteiger charge is 2.62. The fourth-order valence-electron chi connectivity index (χ4n) is 7.35. The summed E-state index contributed by atoms with van der Waals surface area (Å²) < 4.78 is 26.4. The lowest BCUT2D eigenvalue weighted by molar-refractivity contribution is -0.0378. The topological polar surface area (TPSA) is 53.0 Å². The third-order valence-electron chi connectivity index (χ3n) is 9.68. The maximum Gasteiger partial charge on any atom is 0.347 e.